The number of benzene rings is 2. The van der Waals surface area contributed by atoms with E-state index in [1.807, 2.05) is 53.2 Å². The van der Waals surface area contributed by atoms with E-state index in [-0.39, 0.29) is 19.1 Å². The summed E-state index contributed by atoms with van der Waals surface area (Å²) < 4.78 is 12.7. The van der Waals surface area contributed by atoms with Gasteiger partial charge in [0.2, 0.25) is 12.7 Å². The first-order valence-electron chi connectivity index (χ1n) is 8.54. The van der Waals surface area contributed by atoms with E-state index in [1.54, 1.807) is 6.07 Å². The maximum atomic E-state index is 11.1. The molecule has 1 amide bonds. The molecule has 134 valence electrons. The minimum atomic E-state index is -0.344. The van der Waals surface area contributed by atoms with Gasteiger partial charge >= 0.3 is 0 Å². The second-order valence-electron chi connectivity index (χ2n) is 6.25. The van der Waals surface area contributed by atoms with Crippen LogP contribution in [-0.2, 0) is 11.3 Å². The topological polar surface area (TPSA) is 90.3 Å². The van der Waals surface area contributed by atoms with Crippen LogP contribution in [0.4, 0.5) is 0 Å². The summed E-state index contributed by atoms with van der Waals surface area (Å²) in [5.74, 6) is 0.972. The summed E-state index contributed by atoms with van der Waals surface area (Å²) in [4.78, 5) is 11.1. The fourth-order valence-electron chi connectivity index (χ4n) is 3.21. The number of hydrogen-bond acceptors (Lipinski definition) is 4. The minimum absolute atomic E-state index is 0.192. The first kappa shape index (κ1) is 16.7. The number of amides is 1. The van der Waals surface area contributed by atoms with Gasteiger partial charge in [-0.05, 0) is 35.9 Å². The fourth-order valence-corrected chi connectivity index (χ4v) is 3.21. The van der Waals surface area contributed by atoms with Crippen LogP contribution >= 0.6 is 0 Å². The molecule has 0 unspecified atom stereocenters. The molecule has 27 heavy (non-hydrogen) atoms. The fraction of sp³-hybridized carbons (Fsp3) is 0.143. The Hall–Kier alpha value is -3.72. The van der Waals surface area contributed by atoms with Crippen LogP contribution < -0.4 is 15.2 Å². The second-order valence-corrected chi connectivity index (χ2v) is 6.25. The highest BCUT2D eigenvalue weighted by molar-refractivity contribution is 5.98. The lowest BCUT2D eigenvalue weighted by atomic mass is 10.0. The molecule has 2 aromatic carbocycles. The third-order valence-electron chi connectivity index (χ3n) is 4.52. The van der Waals surface area contributed by atoms with Gasteiger partial charge in [-0.25, -0.2) is 0 Å². The Kier molecular flexibility index (Phi) is 4.27. The van der Waals surface area contributed by atoms with Crippen LogP contribution in [0.3, 0.4) is 0 Å². The highest BCUT2D eigenvalue weighted by atomic mass is 16.7. The van der Waals surface area contributed by atoms with E-state index >= 15 is 0 Å². The zero-order valence-electron chi connectivity index (χ0n) is 14.5. The van der Waals surface area contributed by atoms with Gasteiger partial charge in [-0.15, -0.1) is 0 Å². The molecule has 0 bridgehead atoms. The van der Waals surface area contributed by atoms with Gasteiger partial charge in [-0.3, -0.25) is 4.79 Å². The Balaban J connectivity index is 1.76. The normalized spacial score (nSPS) is 12.9. The molecule has 4 rings (SSSR count). The van der Waals surface area contributed by atoms with E-state index in [4.69, 9.17) is 15.2 Å². The summed E-state index contributed by atoms with van der Waals surface area (Å²) in [6.07, 6.45) is 4.05. The van der Waals surface area contributed by atoms with Crippen LogP contribution in [0.25, 0.3) is 22.6 Å². The molecular formula is C21H17N3O3. The number of nitriles is 1. The van der Waals surface area contributed by atoms with E-state index in [1.165, 1.54) is 0 Å². The Morgan fingerprint density at radius 3 is 2.85 bits per heavy atom. The van der Waals surface area contributed by atoms with Crippen LogP contribution in [-0.4, -0.2) is 17.3 Å². The summed E-state index contributed by atoms with van der Waals surface area (Å²) in [6, 6.07) is 15.6. The van der Waals surface area contributed by atoms with Crippen LogP contribution in [0, 0.1) is 11.3 Å². The number of fused-ring (bicyclic) bond motifs is 2. The number of para-hydroxylation sites is 1. The van der Waals surface area contributed by atoms with Gasteiger partial charge in [0, 0.05) is 35.6 Å². The van der Waals surface area contributed by atoms with E-state index in [0.29, 0.717) is 23.6 Å². The average molecular weight is 359 g/mol. The number of carbonyl (C=O) groups excluding carboxylic acids is 1. The maximum absolute atomic E-state index is 11.1. The van der Waals surface area contributed by atoms with Crippen LogP contribution in [0.15, 0.2) is 48.7 Å². The van der Waals surface area contributed by atoms with Crippen molar-refractivity contribution in [1.82, 2.24) is 4.57 Å². The number of ether oxygens (including phenoxy) is 2. The van der Waals surface area contributed by atoms with Crippen molar-refractivity contribution in [2.45, 2.75) is 13.0 Å². The number of nitrogens with zero attached hydrogens (tertiary/aromatic N) is 2. The molecular weight excluding hydrogens is 342 g/mol. The largest absolute Gasteiger partial charge is 0.454 e. The summed E-state index contributed by atoms with van der Waals surface area (Å²) in [6.45, 7) is 0.688. The quantitative estimate of drug-likeness (QED) is 0.708. The Morgan fingerprint density at radius 1 is 1.22 bits per heavy atom. The summed E-state index contributed by atoms with van der Waals surface area (Å²) >= 11 is 0. The molecule has 0 fully saturated rings. The van der Waals surface area contributed by atoms with Gasteiger partial charge in [0.1, 0.15) is 0 Å². The molecule has 3 aromatic rings. The van der Waals surface area contributed by atoms with Gasteiger partial charge in [0.15, 0.2) is 11.5 Å². The van der Waals surface area contributed by atoms with Crippen molar-refractivity contribution in [2.24, 2.45) is 5.73 Å². The standard InChI is InChI=1S/C21H17N3O3/c22-11-15(14-5-6-19-20(10-14)27-13-26-19)9-16-12-24(8-7-21(23)25)18-4-2-1-3-17(16)18/h1-6,9-10,12H,7-8,13H2,(H2,23,25). The lowest BCUT2D eigenvalue weighted by Gasteiger charge is -2.02. The van der Waals surface area contributed by atoms with Gasteiger partial charge in [-0.2, -0.15) is 5.26 Å². The summed E-state index contributed by atoms with van der Waals surface area (Å²) in [7, 11) is 0. The lowest BCUT2D eigenvalue weighted by Crippen LogP contribution is -2.13. The van der Waals surface area contributed by atoms with Crippen LogP contribution in [0.5, 0.6) is 11.5 Å². The molecule has 2 heterocycles. The number of primary amides is 1. The predicted octanol–water partition coefficient (Wildman–Crippen LogP) is 3.31. The SMILES string of the molecule is N#CC(=Cc1cn(CCC(N)=O)c2ccccc12)c1ccc2c(c1)OCO2. The minimum Gasteiger partial charge on any atom is -0.454 e. The molecule has 0 aliphatic carbocycles. The van der Waals surface area contributed by atoms with E-state index in [2.05, 4.69) is 6.07 Å². The number of hydrogen-bond donors (Lipinski definition) is 1. The van der Waals surface area contributed by atoms with Crippen molar-refractivity contribution in [3.8, 4) is 17.6 Å². The third kappa shape index (κ3) is 3.23. The molecule has 6 heteroatoms. The smallest absolute Gasteiger partial charge is 0.231 e. The van der Waals surface area contributed by atoms with Crippen LogP contribution in [0.1, 0.15) is 17.5 Å². The predicted molar refractivity (Wildman–Crippen MR) is 102 cm³/mol. The highest BCUT2D eigenvalue weighted by Crippen LogP contribution is 2.35. The molecule has 0 saturated carbocycles. The molecule has 0 radical (unpaired) electrons. The Bertz CT molecular complexity index is 1110. The number of aromatic nitrogens is 1. The van der Waals surface area contributed by atoms with E-state index in [9.17, 15) is 10.1 Å². The van der Waals surface area contributed by atoms with Gasteiger partial charge in [0.05, 0.1) is 11.6 Å². The molecule has 0 atom stereocenters. The van der Waals surface area contributed by atoms with Gasteiger partial charge in [0.25, 0.3) is 0 Å². The van der Waals surface area contributed by atoms with Gasteiger partial charge in [-0.1, -0.05) is 18.2 Å². The number of nitrogens with two attached hydrogens (primary N) is 1. The molecule has 1 aliphatic rings. The van der Waals surface area contributed by atoms with Crippen molar-refractivity contribution < 1.29 is 14.3 Å². The number of aryl methyl sites for hydroxylation is 1. The molecule has 1 aromatic heterocycles. The zero-order valence-corrected chi connectivity index (χ0v) is 14.5. The highest BCUT2D eigenvalue weighted by Gasteiger charge is 2.15. The first-order valence-corrected chi connectivity index (χ1v) is 8.54. The molecule has 1 aliphatic heterocycles. The Labute approximate surface area is 156 Å². The second kappa shape index (κ2) is 6.89. The number of carbonyl (C=O) groups is 1. The van der Waals surface area contributed by atoms with Crippen molar-refractivity contribution in [3.05, 3.63) is 59.8 Å². The van der Waals surface area contributed by atoms with E-state index < -0.39 is 0 Å². The van der Waals surface area contributed by atoms with E-state index in [0.717, 1.165) is 22.0 Å². The summed E-state index contributed by atoms with van der Waals surface area (Å²) in [5, 5.41) is 10.7. The zero-order chi connectivity index (χ0) is 18.8. The summed E-state index contributed by atoms with van der Waals surface area (Å²) in [5.41, 5.74) is 8.46. The van der Waals surface area contributed by atoms with Crippen molar-refractivity contribution >= 4 is 28.5 Å². The van der Waals surface area contributed by atoms with Crippen molar-refractivity contribution in [3.63, 3.8) is 0 Å². The van der Waals surface area contributed by atoms with Crippen LogP contribution in [0.2, 0.25) is 0 Å². The third-order valence-corrected chi connectivity index (χ3v) is 4.52. The van der Waals surface area contributed by atoms with Crippen molar-refractivity contribution in [2.75, 3.05) is 6.79 Å². The first-order chi connectivity index (χ1) is 13.2. The molecule has 2 N–H and O–H groups in total. The molecule has 6 nitrogen and oxygen atoms in total. The molecule has 0 saturated heterocycles. The average Bonchev–Trinajstić information content (AvgIpc) is 3.28. The lowest BCUT2D eigenvalue weighted by molar-refractivity contribution is -0.118. The van der Waals surface area contributed by atoms with Crippen molar-refractivity contribution in [1.29, 1.82) is 5.26 Å². The number of rotatable bonds is 5. The maximum Gasteiger partial charge on any atom is 0.231 e. The number of allylic oxidation sites excluding steroid dienone is 1. The monoisotopic (exact) mass is 359 g/mol. The Morgan fingerprint density at radius 2 is 2.04 bits per heavy atom. The molecule has 0 spiro atoms. The van der Waals surface area contributed by atoms with Gasteiger partial charge < -0.3 is 19.8 Å².